The summed E-state index contributed by atoms with van der Waals surface area (Å²) in [5, 5.41) is 2.78. The van der Waals surface area contributed by atoms with Crippen molar-refractivity contribution >= 4 is 35.1 Å². The van der Waals surface area contributed by atoms with Gasteiger partial charge in [0.15, 0.2) is 0 Å². The van der Waals surface area contributed by atoms with Crippen molar-refractivity contribution in [2.75, 3.05) is 5.32 Å². The van der Waals surface area contributed by atoms with Gasteiger partial charge in [0.2, 0.25) is 0 Å². The number of rotatable bonds is 3. The van der Waals surface area contributed by atoms with Crippen molar-refractivity contribution in [1.82, 2.24) is 4.98 Å². The number of hydrogen-bond acceptors (Lipinski definition) is 3. The Morgan fingerprint density at radius 2 is 1.84 bits per heavy atom. The monoisotopic (exact) mass is 350 g/mol. The third-order valence-corrected chi connectivity index (χ3v) is 4.56. The van der Waals surface area contributed by atoms with E-state index in [1.807, 2.05) is 68.5 Å². The van der Waals surface area contributed by atoms with Crippen molar-refractivity contribution in [3.05, 3.63) is 84.8 Å². The van der Waals surface area contributed by atoms with E-state index in [0.29, 0.717) is 9.20 Å². The molecule has 0 aliphatic carbocycles. The van der Waals surface area contributed by atoms with E-state index >= 15 is 0 Å². The molecule has 0 radical (unpaired) electrons. The van der Waals surface area contributed by atoms with Crippen molar-refractivity contribution in [3.8, 4) is 0 Å². The summed E-state index contributed by atoms with van der Waals surface area (Å²) in [6.07, 6.45) is 3.23. The zero-order valence-corrected chi connectivity index (χ0v) is 14.8. The molecule has 2 aromatic carbocycles. The van der Waals surface area contributed by atoms with Crippen LogP contribution in [0.15, 0.2) is 53.3 Å². The van der Waals surface area contributed by atoms with Crippen LogP contribution in [0.1, 0.15) is 16.7 Å². The van der Waals surface area contributed by atoms with E-state index in [1.54, 1.807) is 0 Å². The van der Waals surface area contributed by atoms with Crippen LogP contribution in [0, 0.1) is 13.8 Å². The van der Waals surface area contributed by atoms with Gasteiger partial charge in [0.25, 0.3) is 11.5 Å². The molecular formula is C20H18N2O2S. The first-order valence-corrected chi connectivity index (χ1v) is 8.68. The molecule has 0 bridgehead atoms. The number of aromatic amines is 1. The van der Waals surface area contributed by atoms with Gasteiger partial charge in [0, 0.05) is 11.8 Å². The average Bonchev–Trinajstić information content (AvgIpc) is 2.89. The molecule has 5 heteroatoms. The van der Waals surface area contributed by atoms with Crippen LogP contribution in [0.2, 0.25) is 0 Å². The summed E-state index contributed by atoms with van der Waals surface area (Å²) in [6.45, 7) is 3.99. The number of anilines is 1. The van der Waals surface area contributed by atoms with Gasteiger partial charge in [0.05, 0.1) is 4.53 Å². The average molecular weight is 350 g/mol. The minimum absolute atomic E-state index is 0.194. The number of amides is 1. The van der Waals surface area contributed by atoms with E-state index in [2.05, 4.69) is 10.3 Å². The zero-order valence-electron chi connectivity index (χ0n) is 14.0. The van der Waals surface area contributed by atoms with Crippen LogP contribution >= 0.6 is 11.3 Å². The lowest BCUT2D eigenvalue weighted by atomic mass is 10.1. The minimum atomic E-state index is -0.275. The molecule has 0 unspecified atom stereocenters. The highest BCUT2D eigenvalue weighted by Crippen LogP contribution is 2.08. The van der Waals surface area contributed by atoms with Crippen LogP contribution in [0.25, 0.3) is 12.2 Å². The Morgan fingerprint density at radius 1 is 1.08 bits per heavy atom. The van der Waals surface area contributed by atoms with Gasteiger partial charge >= 0.3 is 0 Å². The maximum Gasteiger partial charge on any atom is 0.266 e. The van der Waals surface area contributed by atoms with Crippen LogP contribution in [0.4, 0.5) is 5.69 Å². The van der Waals surface area contributed by atoms with Crippen molar-refractivity contribution < 1.29 is 4.79 Å². The Morgan fingerprint density at radius 3 is 2.56 bits per heavy atom. The topological polar surface area (TPSA) is 62.0 Å². The number of carbonyl (C=O) groups is 1. The summed E-state index contributed by atoms with van der Waals surface area (Å²) >= 11 is 1.26. The predicted molar refractivity (Wildman–Crippen MR) is 103 cm³/mol. The van der Waals surface area contributed by atoms with Crippen LogP contribution in [0.5, 0.6) is 0 Å². The van der Waals surface area contributed by atoms with Crippen LogP contribution in [-0.4, -0.2) is 10.9 Å². The van der Waals surface area contributed by atoms with Gasteiger partial charge in [-0.25, -0.2) is 0 Å². The normalized spacial score (nSPS) is 12.4. The van der Waals surface area contributed by atoms with Crippen molar-refractivity contribution in [2.45, 2.75) is 13.8 Å². The first-order valence-electron chi connectivity index (χ1n) is 7.86. The molecule has 0 aliphatic heterocycles. The number of hydrogen-bond donors (Lipinski definition) is 2. The highest BCUT2D eigenvalue weighted by atomic mass is 32.1. The van der Waals surface area contributed by atoms with Gasteiger partial charge in [-0.15, -0.1) is 11.3 Å². The molecule has 1 heterocycles. The van der Waals surface area contributed by atoms with E-state index < -0.39 is 0 Å². The molecule has 2 N–H and O–H groups in total. The molecule has 1 aromatic heterocycles. The number of thiazole rings is 1. The van der Waals surface area contributed by atoms with E-state index in [-0.39, 0.29) is 11.5 Å². The predicted octanol–water partition coefficient (Wildman–Crippen LogP) is 2.30. The number of carbonyl (C=O) groups excluding carboxylic acids is 1. The van der Waals surface area contributed by atoms with Gasteiger partial charge in [-0.2, -0.15) is 0 Å². The van der Waals surface area contributed by atoms with Crippen molar-refractivity contribution in [3.63, 3.8) is 0 Å². The van der Waals surface area contributed by atoms with E-state index in [4.69, 9.17) is 0 Å². The molecule has 3 aromatic rings. The molecule has 4 nitrogen and oxygen atoms in total. The lowest BCUT2D eigenvalue weighted by molar-refractivity contribution is -0.110. The molecule has 0 atom stereocenters. The summed E-state index contributed by atoms with van der Waals surface area (Å²) in [7, 11) is 0. The van der Waals surface area contributed by atoms with E-state index in [9.17, 15) is 9.59 Å². The Hall–Kier alpha value is -2.92. The zero-order chi connectivity index (χ0) is 17.8. The van der Waals surface area contributed by atoms with Gasteiger partial charge in [-0.05, 0) is 37.6 Å². The fourth-order valence-corrected chi connectivity index (χ4v) is 3.26. The molecule has 1 amide bonds. The number of aromatic nitrogens is 1. The molecule has 0 aliphatic rings. The largest absolute Gasteiger partial charge is 0.322 e. The summed E-state index contributed by atoms with van der Waals surface area (Å²) in [6, 6.07) is 15.4. The van der Waals surface area contributed by atoms with Crippen molar-refractivity contribution in [2.24, 2.45) is 0 Å². The SMILES string of the molecule is Cc1ccc(NC(=O)/C=c2/[nH]c(=O)/c(=C/c3cccc(C)c3)s2)cc1. The summed E-state index contributed by atoms with van der Waals surface area (Å²) in [4.78, 5) is 26.9. The smallest absolute Gasteiger partial charge is 0.266 e. The Balaban J connectivity index is 1.86. The van der Waals surface area contributed by atoms with Gasteiger partial charge in [-0.3, -0.25) is 9.59 Å². The lowest BCUT2D eigenvalue weighted by Gasteiger charge is -2.01. The third-order valence-electron chi connectivity index (χ3n) is 3.60. The fraction of sp³-hybridized carbons (Fsp3) is 0.100. The minimum Gasteiger partial charge on any atom is -0.322 e. The highest BCUT2D eigenvalue weighted by Gasteiger charge is 2.01. The quantitative estimate of drug-likeness (QED) is 0.761. The summed E-state index contributed by atoms with van der Waals surface area (Å²) < 4.78 is 1.09. The Labute approximate surface area is 149 Å². The second-order valence-electron chi connectivity index (χ2n) is 5.84. The first-order chi connectivity index (χ1) is 12.0. The second-order valence-corrected chi connectivity index (χ2v) is 6.93. The van der Waals surface area contributed by atoms with Gasteiger partial charge in [0.1, 0.15) is 4.66 Å². The third kappa shape index (κ3) is 4.55. The number of aryl methyl sites for hydroxylation is 2. The fourth-order valence-electron chi connectivity index (χ4n) is 2.37. The molecule has 0 saturated heterocycles. The molecule has 0 saturated carbocycles. The second kappa shape index (κ2) is 7.32. The molecule has 126 valence electrons. The van der Waals surface area contributed by atoms with Gasteiger partial charge < -0.3 is 10.3 Å². The first kappa shape index (κ1) is 16.9. The summed E-state index contributed by atoms with van der Waals surface area (Å²) in [5.41, 5.74) is 3.74. The maximum atomic E-state index is 12.1. The van der Waals surface area contributed by atoms with E-state index in [0.717, 1.165) is 22.4 Å². The molecule has 25 heavy (non-hydrogen) atoms. The molecule has 3 rings (SSSR count). The van der Waals surface area contributed by atoms with Crippen LogP contribution in [0.3, 0.4) is 0 Å². The Bertz CT molecular complexity index is 1080. The van der Waals surface area contributed by atoms with E-state index in [1.165, 1.54) is 17.4 Å². The molecule has 0 spiro atoms. The van der Waals surface area contributed by atoms with Crippen LogP contribution < -0.4 is 20.1 Å². The summed E-state index contributed by atoms with van der Waals surface area (Å²) in [5.74, 6) is -0.275. The Kier molecular flexibility index (Phi) is 4.95. The standard InChI is InChI=1S/C20H18N2O2S/c1-13-6-8-16(9-7-13)21-18(23)12-19-22-20(24)17(25-19)11-15-5-3-4-14(2)10-15/h3-12H,1-2H3,(H,21,23)(H,22,24)/b17-11-,19-12-. The maximum absolute atomic E-state index is 12.1. The number of benzene rings is 2. The van der Waals surface area contributed by atoms with Gasteiger partial charge in [-0.1, -0.05) is 47.5 Å². The van der Waals surface area contributed by atoms with Crippen molar-refractivity contribution in [1.29, 1.82) is 0 Å². The molecular weight excluding hydrogens is 332 g/mol. The lowest BCUT2D eigenvalue weighted by Crippen LogP contribution is -2.20. The number of H-pyrrole nitrogens is 1. The number of nitrogens with one attached hydrogen (secondary N) is 2. The molecule has 0 fully saturated rings. The highest BCUT2D eigenvalue weighted by molar-refractivity contribution is 7.07. The van der Waals surface area contributed by atoms with Crippen LogP contribution in [-0.2, 0) is 4.79 Å².